The average molecular weight is 312 g/mol. The van der Waals surface area contributed by atoms with Crippen LogP contribution in [0.5, 0.6) is 11.5 Å². The second-order valence-corrected chi connectivity index (χ2v) is 5.42. The lowest BCUT2D eigenvalue weighted by atomic mass is 10.1. The number of benzene rings is 2. The van der Waals surface area contributed by atoms with Gasteiger partial charge in [-0.25, -0.2) is 0 Å². The number of hydrogen-bond donors (Lipinski definition) is 1. The van der Waals surface area contributed by atoms with Gasteiger partial charge in [0.1, 0.15) is 18.1 Å². The van der Waals surface area contributed by atoms with E-state index in [0.29, 0.717) is 6.61 Å². The summed E-state index contributed by atoms with van der Waals surface area (Å²) < 4.78 is 10.9. The van der Waals surface area contributed by atoms with Gasteiger partial charge < -0.3 is 14.6 Å². The molecule has 0 bridgehead atoms. The Kier molecular flexibility index (Phi) is 6.70. The third-order valence-electron chi connectivity index (χ3n) is 3.54. The molecule has 0 aliphatic carbocycles. The van der Waals surface area contributed by atoms with E-state index in [9.17, 15) is 5.11 Å². The Morgan fingerprint density at radius 1 is 1.00 bits per heavy atom. The molecule has 3 heteroatoms. The molecule has 0 aromatic heterocycles. The molecule has 0 radical (unpaired) electrons. The van der Waals surface area contributed by atoms with Crippen molar-refractivity contribution in [1.29, 1.82) is 0 Å². The highest BCUT2D eigenvalue weighted by atomic mass is 16.5. The predicted octanol–water partition coefficient (Wildman–Crippen LogP) is 4.45. The molecular formula is C20H24O3. The first-order chi connectivity index (χ1) is 11.2. The molecule has 0 aliphatic heterocycles. The Bertz CT molecular complexity index is 600. The molecule has 1 N–H and O–H groups in total. The summed E-state index contributed by atoms with van der Waals surface area (Å²) in [6.07, 6.45) is 5.17. The van der Waals surface area contributed by atoms with Crippen LogP contribution >= 0.6 is 0 Å². The van der Waals surface area contributed by atoms with Gasteiger partial charge in [0.05, 0.1) is 13.2 Å². The van der Waals surface area contributed by atoms with E-state index in [0.717, 1.165) is 35.5 Å². The van der Waals surface area contributed by atoms with E-state index in [-0.39, 0.29) is 6.10 Å². The molecule has 3 nitrogen and oxygen atoms in total. The Hall–Kier alpha value is -2.26. The molecule has 0 unspecified atom stereocenters. The lowest BCUT2D eigenvalue weighted by Gasteiger charge is -2.07. The van der Waals surface area contributed by atoms with E-state index in [1.54, 1.807) is 7.11 Å². The zero-order valence-electron chi connectivity index (χ0n) is 13.7. The van der Waals surface area contributed by atoms with Crippen LogP contribution in [0.4, 0.5) is 0 Å². The molecular weight excluding hydrogens is 288 g/mol. The minimum atomic E-state index is -0.369. The number of ether oxygens (including phenoxy) is 2. The van der Waals surface area contributed by atoms with E-state index in [4.69, 9.17) is 9.47 Å². The van der Waals surface area contributed by atoms with Crippen LogP contribution in [0.1, 0.15) is 30.9 Å². The van der Waals surface area contributed by atoms with E-state index in [2.05, 4.69) is 6.92 Å². The summed E-state index contributed by atoms with van der Waals surface area (Å²) in [4.78, 5) is 0. The van der Waals surface area contributed by atoms with Gasteiger partial charge in [-0.3, -0.25) is 0 Å². The van der Waals surface area contributed by atoms with Gasteiger partial charge in [0.15, 0.2) is 0 Å². The lowest BCUT2D eigenvalue weighted by molar-refractivity contribution is 0.212. The van der Waals surface area contributed by atoms with Crippen LogP contribution < -0.4 is 9.47 Å². The number of methoxy groups -OCH3 is 1. The Morgan fingerprint density at radius 3 is 2.26 bits per heavy atom. The predicted molar refractivity (Wildman–Crippen MR) is 93.7 cm³/mol. The minimum absolute atomic E-state index is 0.369. The largest absolute Gasteiger partial charge is 0.497 e. The van der Waals surface area contributed by atoms with Crippen LogP contribution in [0.3, 0.4) is 0 Å². The van der Waals surface area contributed by atoms with Crippen molar-refractivity contribution in [2.45, 2.75) is 32.5 Å². The number of hydrogen-bond acceptors (Lipinski definition) is 3. The van der Waals surface area contributed by atoms with Crippen LogP contribution in [0.15, 0.2) is 54.6 Å². The first-order valence-corrected chi connectivity index (χ1v) is 7.93. The van der Waals surface area contributed by atoms with Gasteiger partial charge in [0, 0.05) is 0 Å². The van der Waals surface area contributed by atoms with Gasteiger partial charge in [-0.15, -0.1) is 0 Å². The van der Waals surface area contributed by atoms with Gasteiger partial charge in [0.2, 0.25) is 0 Å². The van der Waals surface area contributed by atoms with Crippen LogP contribution in [0.25, 0.3) is 6.08 Å². The Labute approximate surface area is 138 Å². The standard InChI is InChI=1S/C20H24O3/c1-3-4-18(21)10-5-16-6-13-20(14-7-16)23-15-17-8-11-19(22-2)12-9-17/h5-14,18,21H,3-4,15H2,1-2H3/b10-5+/t18-/m0/s1. The van der Waals surface area contributed by atoms with Crippen molar-refractivity contribution in [3.8, 4) is 11.5 Å². The Balaban J connectivity index is 1.86. The summed E-state index contributed by atoms with van der Waals surface area (Å²) >= 11 is 0. The maximum atomic E-state index is 9.69. The molecule has 0 spiro atoms. The van der Waals surface area contributed by atoms with Crippen molar-refractivity contribution >= 4 is 6.08 Å². The molecule has 0 saturated heterocycles. The van der Waals surface area contributed by atoms with E-state index >= 15 is 0 Å². The van der Waals surface area contributed by atoms with Crippen LogP contribution in [-0.4, -0.2) is 18.3 Å². The molecule has 122 valence electrons. The molecule has 0 aliphatic rings. The summed E-state index contributed by atoms with van der Waals surface area (Å²) in [6, 6.07) is 15.7. The summed E-state index contributed by atoms with van der Waals surface area (Å²) in [6.45, 7) is 2.58. The lowest BCUT2D eigenvalue weighted by Crippen LogP contribution is -1.99. The van der Waals surface area contributed by atoms with Crippen molar-refractivity contribution in [3.63, 3.8) is 0 Å². The van der Waals surface area contributed by atoms with E-state index in [1.807, 2.05) is 60.7 Å². The normalized spacial score (nSPS) is 12.3. The van der Waals surface area contributed by atoms with Crippen molar-refractivity contribution in [3.05, 3.63) is 65.7 Å². The van der Waals surface area contributed by atoms with Crippen molar-refractivity contribution in [1.82, 2.24) is 0 Å². The second-order valence-electron chi connectivity index (χ2n) is 5.42. The van der Waals surface area contributed by atoms with Crippen LogP contribution in [0, 0.1) is 0 Å². The van der Waals surface area contributed by atoms with Crippen LogP contribution in [0.2, 0.25) is 0 Å². The fourth-order valence-corrected chi connectivity index (χ4v) is 2.18. The molecule has 2 aromatic carbocycles. The molecule has 0 amide bonds. The quantitative estimate of drug-likeness (QED) is 0.782. The molecule has 1 atom stereocenters. The fraction of sp³-hybridized carbons (Fsp3) is 0.300. The zero-order valence-corrected chi connectivity index (χ0v) is 13.7. The summed E-state index contributed by atoms with van der Waals surface area (Å²) in [5, 5.41) is 9.69. The van der Waals surface area contributed by atoms with E-state index < -0.39 is 0 Å². The van der Waals surface area contributed by atoms with Gasteiger partial charge in [-0.2, -0.15) is 0 Å². The highest BCUT2D eigenvalue weighted by molar-refractivity contribution is 5.51. The maximum Gasteiger partial charge on any atom is 0.119 e. The highest BCUT2D eigenvalue weighted by Gasteiger charge is 1.99. The van der Waals surface area contributed by atoms with Crippen molar-refractivity contribution < 1.29 is 14.6 Å². The molecule has 23 heavy (non-hydrogen) atoms. The molecule has 0 saturated carbocycles. The summed E-state index contributed by atoms with van der Waals surface area (Å²) in [5.74, 6) is 1.67. The monoisotopic (exact) mass is 312 g/mol. The third kappa shape index (κ3) is 5.80. The van der Waals surface area contributed by atoms with Crippen LogP contribution in [-0.2, 0) is 6.61 Å². The van der Waals surface area contributed by atoms with Crippen molar-refractivity contribution in [2.75, 3.05) is 7.11 Å². The summed E-state index contributed by atoms with van der Waals surface area (Å²) in [5.41, 5.74) is 2.15. The van der Waals surface area contributed by atoms with Gasteiger partial charge in [-0.05, 0) is 41.8 Å². The molecule has 2 rings (SSSR count). The van der Waals surface area contributed by atoms with E-state index in [1.165, 1.54) is 0 Å². The average Bonchev–Trinajstić information content (AvgIpc) is 2.60. The first-order valence-electron chi connectivity index (χ1n) is 7.93. The smallest absolute Gasteiger partial charge is 0.119 e. The van der Waals surface area contributed by atoms with Gasteiger partial charge >= 0.3 is 0 Å². The second kappa shape index (κ2) is 9.01. The topological polar surface area (TPSA) is 38.7 Å². The van der Waals surface area contributed by atoms with Crippen molar-refractivity contribution in [2.24, 2.45) is 0 Å². The molecule has 0 heterocycles. The maximum absolute atomic E-state index is 9.69. The number of aliphatic hydroxyl groups is 1. The Morgan fingerprint density at radius 2 is 1.65 bits per heavy atom. The molecule has 2 aromatic rings. The first kappa shape index (κ1) is 17.1. The SMILES string of the molecule is CCC[C@H](O)/C=C/c1ccc(OCc2ccc(OC)cc2)cc1. The minimum Gasteiger partial charge on any atom is -0.497 e. The summed E-state index contributed by atoms with van der Waals surface area (Å²) in [7, 11) is 1.66. The fourth-order valence-electron chi connectivity index (χ4n) is 2.18. The number of rotatable bonds is 8. The van der Waals surface area contributed by atoms with Gasteiger partial charge in [0.25, 0.3) is 0 Å². The van der Waals surface area contributed by atoms with Gasteiger partial charge in [-0.1, -0.05) is 49.8 Å². The number of aliphatic hydroxyl groups excluding tert-OH is 1. The highest BCUT2D eigenvalue weighted by Crippen LogP contribution is 2.17. The molecule has 0 fully saturated rings. The third-order valence-corrected chi connectivity index (χ3v) is 3.54. The zero-order chi connectivity index (χ0) is 16.5.